The van der Waals surface area contributed by atoms with Gasteiger partial charge in [0.15, 0.2) is 0 Å². The molecule has 1 heterocycles. The third kappa shape index (κ3) is 3.44. The van der Waals surface area contributed by atoms with E-state index in [1.807, 2.05) is 0 Å². The lowest BCUT2D eigenvalue weighted by atomic mass is 10.0. The molecule has 16 heavy (non-hydrogen) atoms. The molecule has 0 radical (unpaired) electrons. The van der Waals surface area contributed by atoms with Crippen LogP contribution in [0.2, 0.25) is 0 Å². The highest BCUT2D eigenvalue weighted by atomic mass is 16.3. The first kappa shape index (κ1) is 13.9. The molecular formula is C13H28N2O. The number of hydrogen-bond donors (Lipinski definition) is 1. The molecule has 1 rings (SSSR count). The Morgan fingerprint density at radius 2 is 2.00 bits per heavy atom. The molecule has 3 heteroatoms. The van der Waals surface area contributed by atoms with Crippen LogP contribution in [0.5, 0.6) is 0 Å². The van der Waals surface area contributed by atoms with Gasteiger partial charge in [-0.05, 0) is 25.9 Å². The number of β-amino-alcohol motifs (C(OH)–C–C–N with tert-alkyl or cyclic N) is 1. The van der Waals surface area contributed by atoms with Crippen LogP contribution in [-0.2, 0) is 0 Å². The van der Waals surface area contributed by atoms with E-state index >= 15 is 0 Å². The third-order valence-electron chi connectivity index (χ3n) is 4.06. The Hall–Kier alpha value is -0.120. The van der Waals surface area contributed by atoms with Gasteiger partial charge in [-0.3, -0.25) is 4.90 Å². The van der Waals surface area contributed by atoms with Gasteiger partial charge in [0, 0.05) is 25.7 Å². The highest BCUT2D eigenvalue weighted by molar-refractivity contribution is 4.87. The molecule has 3 nitrogen and oxygen atoms in total. The molecule has 1 N–H and O–H groups in total. The van der Waals surface area contributed by atoms with Crippen LogP contribution in [0.25, 0.3) is 0 Å². The summed E-state index contributed by atoms with van der Waals surface area (Å²) in [6.07, 6.45) is 0.889. The predicted molar refractivity (Wildman–Crippen MR) is 68.5 cm³/mol. The van der Waals surface area contributed by atoms with Gasteiger partial charge in [0.2, 0.25) is 0 Å². The van der Waals surface area contributed by atoms with Crippen LogP contribution in [0.15, 0.2) is 0 Å². The molecule has 0 saturated carbocycles. The highest BCUT2D eigenvalue weighted by Crippen LogP contribution is 2.21. The largest absolute Gasteiger partial charge is 0.392 e. The molecule has 0 amide bonds. The molecule has 1 saturated heterocycles. The first-order chi connectivity index (χ1) is 7.45. The van der Waals surface area contributed by atoms with E-state index in [4.69, 9.17) is 0 Å². The van der Waals surface area contributed by atoms with Crippen LogP contribution in [0.4, 0.5) is 0 Å². The summed E-state index contributed by atoms with van der Waals surface area (Å²) in [6, 6.07) is 0.643. The van der Waals surface area contributed by atoms with Gasteiger partial charge in [-0.1, -0.05) is 27.2 Å². The summed E-state index contributed by atoms with van der Waals surface area (Å²) in [7, 11) is 4.30. The zero-order chi connectivity index (χ0) is 12.3. The van der Waals surface area contributed by atoms with E-state index in [0.29, 0.717) is 17.9 Å². The molecule has 4 unspecified atom stereocenters. The highest BCUT2D eigenvalue weighted by Gasteiger charge is 2.32. The SMILES string of the molecule is CCC(C)C(O)CN1CC(C)C(N(C)C)C1. The minimum Gasteiger partial charge on any atom is -0.392 e. The van der Waals surface area contributed by atoms with E-state index < -0.39 is 0 Å². The van der Waals surface area contributed by atoms with Gasteiger partial charge >= 0.3 is 0 Å². The standard InChI is InChI=1S/C13H28N2O/c1-6-10(2)13(16)9-15-7-11(3)12(8-15)14(4)5/h10-13,16H,6-9H2,1-5H3. The predicted octanol–water partition coefficient (Wildman–Crippen LogP) is 1.28. The Balaban J connectivity index is 2.41. The Morgan fingerprint density at radius 1 is 1.38 bits per heavy atom. The summed E-state index contributed by atoms with van der Waals surface area (Å²) in [5, 5.41) is 10.0. The van der Waals surface area contributed by atoms with Crippen molar-refractivity contribution in [2.45, 2.75) is 39.3 Å². The number of likely N-dealkylation sites (tertiary alicyclic amines) is 1. The van der Waals surface area contributed by atoms with E-state index in [0.717, 1.165) is 26.1 Å². The summed E-state index contributed by atoms with van der Waals surface area (Å²) >= 11 is 0. The maximum Gasteiger partial charge on any atom is 0.0692 e. The molecule has 1 fully saturated rings. The van der Waals surface area contributed by atoms with Gasteiger partial charge in [-0.2, -0.15) is 0 Å². The average Bonchev–Trinajstić information content (AvgIpc) is 2.58. The van der Waals surface area contributed by atoms with Crippen molar-refractivity contribution < 1.29 is 5.11 Å². The molecule has 4 atom stereocenters. The van der Waals surface area contributed by atoms with E-state index in [-0.39, 0.29) is 6.10 Å². The first-order valence-electron chi connectivity index (χ1n) is 6.52. The van der Waals surface area contributed by atoms with E-state index in [9.17, 15) is 5.11 Å². The van der Waals surface area contributed by atoms with E-state index in [1.54, 1.807) is 0 Å². The number of likely N-dealkylation sites (N-methyl/N-ethyl adjacent to an activating group) is 1. The molecule has 0 spiro atoms. The lowest BCUT2D eigenvalue weighted by molar-refractivity contribution is 0.0745. The van der Waals surface area contributed by atoms with Crippen molar-refractivity contribution in [2.24, 2.45) is 11.8 Å². The second kappa shape index (κ2) is 5.99. The van der Waals surface area contributed by atoms with Crippen molar-refractivity contribution in [1.29, 1.82) is 0 Å². The van der Waals surface area contributed by atoms with Crippen LogP contribution in [0.3, 0.4) is 0 Å². The fourth-order valence-electron chi connectivity index (χ4n) is 2.59. The van der Waals surface area contributed by atoms with Gasteiger partial charge in [-0.25, -0.2) is 0 Å². The second-order valence-electron chi connectivity index (χ2n) is 5.68. The first-order valence-corrected chi connectivity index (χ1v) is 6.52. The Bertz CT molecular complexity index is 208. The minimum absolute atomic E-state index is 0.168. The molecule has 0 aromatic rings. The second-order valence-corrected chi connectivity index (χ2v) is 5.68. The van der Waals surface area contributed by atoms with Crippen molar-refractivity contribution in [1.82, 2.24) is 9.80 Å². The van der Waals surface area contributed by atoms with E-state index in [2.05, 4.69) is 44.7 Å². The normalized spacial score (nSPS) is 30.9. The Labute approximate surface area is 100 Å². The smallest absolute Gasteiger partial charge is 0.0692 e. The Morgan fingerprint density at radius 3 is 2.44 bits per heavy atom. The van der Waals surface area contributed by atoms with Gasteiger partial charge in [-0.15, -0.1) is 0 Å². The molecular weight excluding hydrogens is 200 g/mol. The van der Waals surface area contributed by atoms with Gasteiger partial charge in [0.25, 0.3) is 0 Å². The van der Waals surface area contributed by atoms with Crippen molar-refractivity contribution in [3.63, 3.8) is 0 Å². The zero-order valence-electron chi connectivity index (χ0n) is 11.5. The monoisotopic (exact) mass is 228 g/mol. The van der Waals surface area contributed by atoms with Gasteiger partial charge < -0.3 is 10.0 Å². The number of aliphatic hydroxyl groups is 1. The number of nitrogens with zero attached hydrogens (tertiary/aromatic N) is 2. The summed E-state index contributed by atoms with van der Waals surface area (Å²) in [5.41, 5.74) is 0. The average molecular weight is 228 g/mol. The summed E-state index contributed by atoms with van der Waals surface area (Å²) in [4.78, 5) is 4.71. The zero-order valence-corrected chi connectivity index (χ0v) is 11.5. The summed E-state index contributed by atoms with van der Waals surface area (Å²) in [5.74, 6) is 1.12. The molecule has 1 aliphatic heterocycles. The minimum atomic E-state index is -0.168. The van der Waals surface area contributed by atoms with Crippen LogP contribution in [0.1, 0.15) is 27.2 Å². The van der Waals surface area contributed by atoms with Crippen LogP contribution in [-0.4, -0.2) is 60.8 Å². The molecule has 1 aliphatic rings. The van der Waals surface area contributed by atoms with Crippen LogP contribution in [0, 0.1) is 11.8 Å². The molecule has 0 aliphatic carbocycles. The molecule has 96 valence electrons. The van der Waals surface area contributed by atoms with Crippen molar-refractivity contribution in [2.75, 3.05) is 33.7 Å². The van der Waals surface area contributed by atoms with Crippen molar-refractivity contribution in [3.8, 4) is 0 Å². The van der Waals surface area contributed by atoms with Gasteiger partial charge in [0.1, 0.15) is 0 Å². The van der Waals surface area contributed by atoms with E-state index in [1.165, 1.54) is 0 Å². The van der Waals surface area contributed by atoms with Gasteiger partial charge in [0.05, 0.1) is 6.10 Å². The maximum absolute atomic E-state index is 10.0. The van der Waals surface area contributed by atoms with Crippen LogP contribution < -0.4 is 0 Å². The summed E-state index contributed by atoms with van der Waals surface area (Å²) in [6.45, 7) is 9.64. The number of hydrogen-bond acceptors (Lipinski definition) is 3. The Kier molecular flexibility index (Phi) is 5.22. The van der Waals surface area contributed by atoms with Crippen molar-refractivity contribution >= 4 is 0 Å². The summed E-state index contributed by atoms with van der Waals surface area (Å²) < 4.78 is 0. The number of rotatable bonds is 5. The molecule has 0 aromatic heterocycles. The quantitative estimate of drug-likeness (QED) is 0.768. The fraction of sp³-hybridized carbons (Fsp3) is 1.00. The molecule has 0 bridgehead atoms. The third-order valence-corrected chi connectivity index (χ3v) is 4.06. The van der Waals surface area contributed by atoms with Crippen LogP contribution >= 0.6 is 0 Å². The lowest BCUT2D eigenvalue weighted by Gasteiger charge is -2.25. The lowest BCUT2D eigenvalue weighted by Crippen LogP contribution is -2.37. The maximum atomic E-state index is 10.0. The number of aliphatic hydroxyl groups excluding tert-OH is 1. The van der Waals surface area contributed by atoms with Crippen molar-refractivity contribution in [3.05, 3.63) is 0 Å². The molecule has 0 aromatic carbocycles. The fourth-order valence-corrected chi connectivity index (χ4v) is 2.59. The topological polar surface area (TPSA) is 26.7 Å².